The molecule has 18 heavy (non-hydrogen) atoms. The number of benzene rings is 1. The average Bonchev–Trinajstić information content (AvgIpc) is 2.36. The van der Waals surface area contributed by atoms with Gasteiger partial charge in [-0.15, -0.1) is 0 Å². The van der Waals surface area contributed by atoms with Gasteiger partial charge in [0.25, 0.3) is 5.91 Å². The van der Waals surface area contributed by atoms with Gasteiger partial charge in [-0.3, -0.25) is 9.59 Å². The van der Waals surface area contributed by atoms with Crippen LogP contribution in [0.5, 0.6) is 0 Å². The van der Waals surface area contributed by atoms with Crippen molar-refractivity contribution in [3.05, 3.63) is 34.9 Å². The molecule has 0 radical (unpaired) electrons. The summed E-state index contributed by atoms with van der Waals surface area (Å²) < 4.78 is 0. The summed E-state index contributed by atoms with van der Waals surface area (Å²) in [7, 11) is 0. The lowest BCUT2D eigenvalue weighted by Gasteiger charge is -2.11. The zero-order chi connectivity index (χ0) is 13.5. The number of hydrogen-bond acceptors (Lipinski definition) is 3. The molecular weight excluding hydrogens is 256 g/mol. The van der Waals surface area contributed by atoms with Gasteiger partial charge in [0.1, 0.15) is 0 Å². The number of hydrogen-bond donors (Lipinski definition) is 3. The second-order valence-electron chi connectivity index (χ2n) is 3.81. The Hall–Kier alpha value is -1.59. The maximum Gasteiger partial charge on any atom is 0.253 e. The molecule has 0 unspecified atom stereocenters. The first-order chi connectivity index (χ1) is 8.54. The molecule has 0 aliphatic rings. The fourth-order valence-corrected chi connectivity index (χ4v) is 1.49. The van der Waals surface area contributed by atoms with Crippen molar-refractivity contribution in [2.75, 3.05) is 13.2 Å². The monoisotopic (exact) mass is 270 g/mol. The third-order valence-electron chi connectivity index (χ3n) is 2.21. The van der Waals surface area contributed by atoms with Crippen molar-refractivity contribution in [2.24, 2.45) is 0 Å². The number of nitrogens with one attached hydrogen (secondary N) is 2. The van der Waals surface area contributed by atoms with E-state index in [-0.39, 0.29) is 25.1 Å². The fraction of sp³-hybridized carbons (Fsp3) is 0.333. The first kappa shape index (κ1) is 14.5. The fourth-order valence-electron chi connectivity index (χ4n) is 1.27. The van der Waals surface area contributed by atoms with E-state index in [4.69, 9.17) is 16.7 Å². The summed E-state index contributed by atoms with van der Waals surface area (Å²) in [5.74, 6) is -0.774. The molecule has 3 N–H and O–H groups in total. The minimum absolute atomic E-state index is 0.149. The van der Waals surface area contributed by atoms with E-state index < -0.39 is 5.91 Å². The van der Waals surface area contributed by atoms with E-state index in [0.29, 0.717) is 10.6 Å². The molecule has 5 nitrogen and oxygen atoms in total. The first-order valence-corrected chi connectivity index (χ1v) is 5.85. The normalized spacial score (nSPS) is 11.7. The number of aliphatic hydroxyl groups is 1. The van der Waals surface area contributed by atoms with Gasteiger partial charge in [-0.2, -0.15) is 0 Å². The van der Waals surface area contributed by atoms with Crippen LogP contribution >= 0.6 is 11.6 Å². The van der Waals surface area contributed by atoms with Crippen LogP contribution in [0.3, 0.4) is 0 Å². The summed E-state index contributed by atoms with van der Waals surface area (Å²) in [5.41, 5.74) is 0.321. The highest BCUT2D eigenvalue weighted by molar-refractivity contribution is 6.33. The number of aliphatic hydroxyl groups excluding tert-OH is 1. The van der Waals surface area contributed by atoms with Crippen molar-refractivity contribution in [3.63, 3.8) is 0 Å². The predicted molar refractivity (Wildman–Crippen MR) is 68.5 cm³/mol. The summed E-state index contributed by atoms with van der Waals surface area (Å²) in [4.78, 5) is 23.1. The summed E-state index contributed by atoms with van der Waals surface area (Å²) in [6, 6.07) is 6.24. The summed E-state index contributed by atoms with van der Waals surface area (Å²) in [6.07, 6.45) is 0. The number of rotatable bonds is 5. The first-order valence-electron chi connectivity index (χ1n) is 5.47. The zero-order valence-electron chi connectivity index (χ0n) is 9.94. The molecule has 2 amide bonds. The number of amides is 2. The van der Waals surface area contributed by atoms with Crippen LogP contribution in [0.2, 0.25) is 5.02 Å². The Balaban J connectivity index is 2.47. The Labute approximate surface area is 110 Å². The Bertz CT molecular complexity index is 437. The van der Waals surface area contributed by atoms with Crippen molar-refractivity contribution >= 4 is 23.4 Å². The second kappa shape index (κ2) is 6.98. The van der Waals surface area contributed by atoms with Crippen LogP contribution in [-0.4, -0.2) is 36.1 Å². The van der Waals surface area contributed by atoms with Gasteiger partial charge in [0, 0.05) is 6.04 Å². The van der Waals surface area contributed by atoms with Crippen molar-refractivity contribution in [1.29, 1.82) is 0 Å². The molecule has 1 rings (SSSR count). The molecule has 1 aromatic rings. The van der Waals surface area contributed by atoms with E-state index in [1.807, 2.05) is 0 Å². The van der Waals surface area contributed by atoms with E-state index in [2.05, 4.69) is 10.6 Å². The minimum Gasteiger partial charge on any atom is -0.394 e. The lowest BCUT2D eigenvalue weighted by atomic mass is 10.2. The van der Waals surface area contributed by atoms with Gasteiger partial charge in [0.05, 0.1) is 23.7 Å². The Morgan fingerprint density at radius 1 is 1.39 bits per heavy atom. The molecule has 1 aromatic carbocycles. The lowest BCUT2D eigenvalue weighted by Crippen LogP contribution is -2.42. The Morgan fingerprint density at radius 3 is 2.67 bits per heavy atom. The number of halogens is 1. The highest BCUT2D eigenvalue weighted by atomic mass is 35.5. The summed E-state index contributed by atoms with van der Waals surface area (Å²) in [5, 5.41) is 14.1. The van der Waals surface area contributed by atoms with Crippen LogP contribution in [0.4, 0.5) is 0 Å². The quantitative estimate of drug-likeness (QED) is 0.732. The molecule has 0 aromatic heterocycles. The molecule has 6 heteroatoms. The third-order valence-corrected chi connectivity index (χ3v) is 2.54. The maximum atomic E-state index is 11.7. The molecular formula is C12H15ClN2O3. The van der Waals surface area contributed by atoms with Crippen LogP contribution in [0.25, 0.3) is 0 Å². The third kappa shape index (κ3) is 4.35. The molecule has 0 spiro atoms. The van der Waals surface area contributed by atoms with Crippen molar-refractivity contribution in [3.8, 4) is 0 Å². The second-order valence-corrected chi connectivity index (χ2v) is 4.22. The van der Waals surface area contributed by atoms with Crippen LogP contribution in [0, 0.1) is 0 Å². The smallest absolute Gasteiger partial charge is 0.253 e. The number of carbonyl (C=O) groups is 2. The van der Waals surface area contributed by atoms with E-state index in [1.54, 1.807) is 31.2 Å². The highest BCUT2D eigenvalue weighted by Gasteiger charge is 2.11. The lowest BCUT2D eigenvalue weighted by molar-refractivity contribution is -0.121. The van der Waals surface area contributed by atoms with Gasteiger partial charge in [-0.1, -0.05) is 23.7 Å². The Morgan fingerprint density at radius 2 is 2.06 bits per heavy atom. The molecule has 0 aliphatic heterocycles. The summed E-state index contributed by atoms with van der Waals surface area (Å²) in [6.45, 7) is 1.35. The van der Waals surface area contributed by atoms with Gasteiger partial charge in [0.2, 0.25) is 5.91 Å². The van der Waals surface area contributed by atoms with Gasteiger partial charge in [-0.25, -0.2) is 0 Å². The van der Waals surface area contributed by atoms with Crippen molar-refractivity contribution < 1.29 is 14.7 Å². The minimum atomic E-state index is -0.410. The SMILES string of the molecule is C[C@H](CO)NC(=O)CNC(=O)c1ccccc1Cl. The van der Waals surface area contributed by atoms with Crippen LogP contribution in [-0.2, 0) is 4.79 Å². The average molecular weight is 271 g/mol. The van der Waals surface area contributed by atoms with E-state index in [1.165, 1.54) is 0 Å². The molecule has 0 saturated heterocycles. The Kier molecular flexibility index (Phi) is 5.61. The summed E-state index contributed by atoms with van der Waals surface area (Å²) >= 11 is 5.85. The molecule has 1 atom stereocenters. The van der Waals surface area contributed by atoms with Gasteiger partial charge in [0.15, 0.2) is 0 Å². The van der Waals surface area contributed by atoms with E-state index >= 15 is 0 Å². The van der Waals surface area contributed by atoms with Crippen LogP contribution < -0.4 is 10.6 Å². The number of carbonyl (C=O) groups excluding carboxylic acids is 2. The highest BCUT2D eigenvalue weighted by Crippen LogP contribution is 2.14. The standard InChI is InChI=1S/C12H15ClN2O3/c1-8(7-16)15-11(17)6-14-12(18)9-4-2-3-5-10(9)13/h2-5,8,16H,6-7H2,1H3,(H,14,18)(H,15,17)/t8-/m1/s1. The molecule has 0 fully saturated rings. The molecule has 0 saturated carbocycles. The molecule has 98 valence electrons. The van der Waals surface area contributed by atoms with Crippen LogP contribution in [0.1, 0.15) is 17.3 Å². The molecule has 0 bridgehead atoms. The van der Waals surface area contributed by atoms with Crippen LogP contribution in [0.15, 0.2) is 24.3 Å². The van der Waals surface area contributed by atoms with E-state index in [9.17, 15) is 9.59 Å². The zero-order valence-corrected chi connectivity index (χ0v) is 10.7. The van der Waals surface area contributed by atoms with Gasteiger partial charge >= 0.3 is 0 Å². The van der Waals surface area contributed by atoms with Gasteiger partial charge in [-0.05, 0) is 19.1 Å². The van der Waals surface area contributed by atoms with Crippen molar-refractivity contribution in [1.82, 2.24) is 10.6 Å². The van der Waals surface area contributed by atoms with E-state index in [0.717, 1.165) is 0 Å². The maximum absolute atomic E-state index is 11.7. The molecule has 0 aliphatic carbocycles. The largest absolute Gasteiger partial charge is 0.394 e. The topological polar surface area (TPSA) is 78.4 Å². The molecule has 0 heterocycles. The predicted octanol–water partition coefficient (Wildman–Crippen LogP) is 0.567. The van der Waals surface area contributed by atoms with Gasteiger partial charge < -0.3 is 15.7 Å². The van der Waals surface area contributed by atoms with Crippen molar-refractivity contribution in [2.45, 2.75) is 13.0 Å².